The maximum atomic E-state index is 11.9. The molecule has 2 N–H and O–H groups in total. The molecule has 0 radical (unpaired) electrons. The number of hydrogen-bond donors (Lipinski definition) is 2. The molecule has 0 aliphatic rings. The molecule has 0 aromatic heterocycles. The molecule has 1 rings (SSSR count). The Balaban J connectivity index is 2.58. The zero-order valence-corrected chi connectivity index (χ0v) is 13.0. The van der Waals surface area contributed by atoms with E-state index < -0.39 is 12.0 Å². The van der Waals surface area contributed by atoms with Gasteiger partial charge in [0.15, 0.2) is 6.61 Å². The van der Waals surface area contributed by atoms with E-state index >= 15 is 0 Å². The number of para-hydroxylation sites is 1. The first-order chi connectivity index (χ1) is 9.70. The molecule has 5 nitrogen and oxygen atoms in total. The van der Waals surface area contributed by atoms with Gasteiger partial charge in [0, 0.05) is 6.04 Å². The van der Waals surface area contributed by atoms with Gasteiger partial charge in [0.2, 0.25) is 0 Å². The average Bonchev–Trinajstić information content (AvgIpc) is 2.35. The minimum atomic E-state index is -0.935. The molecule has 1 amide bonds. The molecule has 1 atom stereocenters. The van der Waals surface area contributed by atoms with Gasteiger partial charge < -0.3 is 15.2 Å². The number of rotatable bonds is 6. The van der Waals surface area contributed by atoms with Crippen LogP contribution < -0.4 is 10.1 Å². The van der Waals surface area contributed by atoms with E-state index in [-0.39, 0.29) is 24.3 Å². The van der Waals surface area contributed by atoms with Crippen molar-refractivity contribution < 1.29 is 19.4 Å². The summed E-state index contributed by atoms with van der Waals surface area (Å²) >= 11 is 0. The summed E-state index contributed by atoms with van der Waals surface area (Å²) in [6.45, 7) is 7.45. The molecule has 0 fully saturated rings. The Morgan fingerprint density at radius 3 is 2.43 bits per heavy atom. The van der Waals surface area contributed by atoms with Crippen LogP contribution in [0.2, 0.25) is 0 Å². The molecule has 0 saturated carbocycles. The normalized spacial score (nSPS) is 12.6. The van der Waals surface area contributed by atoms with Gasteiger partial charge in [0.05, 0.1) is 6.42 Å². The fourth-order valence-corrected chi connectivity index (χ4v) is 1.85. The molecule has 1 aromatic rings. The maximum Gasteiger partial charge on any atom is 0.305 e. The highest BCUT2D eigenvalue weighted by Crippen LogP contribution is 2.22. The number of benzene rings is 1. The number of carboxylic acid groups (broad SMARTS) is 1. The lowest BCUT2D eigenvalue weighted by atomic mass is 9.85. The molecule has 0 aliphatic heterocycles. The van der Waals surface area contributed by atoms with Gasteiger partial charge in [0.25, 0.3) is 5.91 Å². The van der Waals surface area contributed by atoms with Crippen LogP contribution in [0.1, 0.15) is 32.8 Å². The first-order valence-electron chi connectivity index (χ1n) is 6.89. The number of carboxylic acids is 1. The predicted octanol–water partition coefficient (Wildman–Crippen LogP) is 2.38. The number of aliphatic carboxylic acids is 1. The van der Waals surface area contributed by atoms with Crippen molar-refractivity contribution in [2.75, 3.05) is 6.61 Å². The lowest BCUT2D eigenvalue weighted by molar-refractivity contribution is -0.138. The van der Waals surface area contributed by atoms with Crippen LogP contribution in [0.4, 0.5) is 0 Å². The van der Waals surface area contributed by atoms with E-state index in [0.29, 0.717) is 5.75 Å². The zero-order valence-electron chi connectivity index (χ0n) is 13.0. The third-order valence-corrected chi connectivity index (χ3v) is 3.21. The van der Waals surface area contributed by atoms with Gasteiger partial charge in [-0.25, -0.2) is 0 Å². The molecule has 116 valence electrons. The highest BCUT2D eigenvalue weighted by molar-refractivity contribution is 5.79. The van der Waals surface area contributed by atoms with Crippen LogP contribution in [0.15, 0.2) is 24.3 Å². The predicted molar refractivity (Wildman–Crippen MR) is 80.3 cm³/mol. The van der Waals surface area contributed by atoms with E-state index in [4.69, 9.17) is 9.84 Å². The molecular weight excluding hydrogens is 270 g/mol. The van der Waals surface area contributed by atoms with Crippen molar-refractivity contribution in [3.8, 4) is 5.75 Å². The van der Waals surface area contributed by atoms with Crippen molar-refractivity contribution in [1.82, 2.24) is 5.32 Å². The smallest absolute Gasteiger partial charge is 0.305 e. The quantitative estimate of drug-likeness (QED) is 0.844. The second kappa shape index (κ2) is 7.11. The highest BCUT2D eigenvalue weighted by atomic mass is 16.5. The molecule has 1 aromatic carbocycles. The molecule has 0 heterocycles. The number of carbonyl (C=O) groups excluding carboxylic acids is 1. The molecular formula is C16H23NO4. The summed E-state index contributed by atoms with van der Waals surface area (Å²) < 4.78 is 5.46. The van der Waals surface area contributed by atoms with Crippen molar-refractivity contribution >= 4 is 11.9 Å². The van der Waals surface area contributed by atoms with E-state index in [0.717, 1.165) is 5.56 Å². The monoisotopic (exact) mass is 293 g/mol. The molecule has 5 heteroatoms. The first-order valence-corrected chi connectivity index (χ1v) is 6.89. The van der Waals surface area contributed by atoms with Crippen LogP contribution in [0, 0.1) is 12.3 Å². The Morgan fingerprint density at radius 1 is 1.29 bits per heavy atom. The molecule has 0 saturated heterocycles. The van der Waals surface area contributed by atoms with Crippen LogP contribution in [-0.2, 0) is 9.59 Å². The summed E-state index contributed by atoms with van der Waals surface area (Å²) in [7, 11) is 0. The topological polar surface area (TPSA) is 75.6 Å². The first kappa shape index (κ1) is 17.0. The fraction of sp³-hybridized carbons (Fsp3) is 0.500. The van der Waals surface area contributed by atoms with Crippen LogP contribution in [0.5, 0.6) is 5.75 Å². The van der Waals surface area contributed by atoms with E-state index in [9.17, 15) is 9.59 Å². The van der Waals surface area contributed by atoms with Crippen molar-refractivity contribution in [3.63, 3.8) is 0 Å². The summed E-state index contributed by atoms with van der Waals surface area (Å²) in [4.78, 5) is 22.8. The van der Waals surface area contributed by atoms with Gasteiger partial charge >= 0.3 is 5.97 Å². The third-order valence-electron chi connectivity index (χ3n) is 3.21. The number of hydrogen-bond acceptors (Lipinski definition) is 3. The highest BCUT2D eigenvalue weighted by Gasteiger charge is 2.28. The Morgan fingerprint density at radius 2 is 1.90 bits per heavy atom. The number of aryl methyl sites for hydroxylation is 1. The maximum absolute atomic E-state index is 11.9. The van der Waals surface area contributed by atoms with E-state index in [1.54, 1.807) is 6.07 Å². The molecule has 1 unspecified atom stereocenters. The lowest BCUT2D eigenvalue weighted by Gasteiger charge is -2.30. The van der Waals surface area contributed by atoms with Gasteiger partial charge in [-0.3, -0.25) is 9.59 Å². The number of amides is 1. The summed E-state index contributed by atoms with van der Waals surface area (Å²) in [5.41, 5.74) is 0.611. The number of nitrogens with one attached hydrogen (secondary N) is 1. The Hall–Kier alpha value is -2.04. The van der Waals surface area contributed by atoms with Gasteiger partial charge in [-0.15, -0.1) is 0 Å². The van der Waals surface area contributed by atoms with Crippen molar-refractivity contribution in [1.29, 1.82) is 0 Å². The van der Waals surface area contributed by atoms with Crippen molar-refractivity contribution in [3.05, 3.63) is 29.8 Å². The van der Waals surface area contributed by atoms with E-state index in [1.165, 1.54) is 0 Å². The van der Waals surface area contributed by atoms with Crippen molar-refractivity contribution in [2.24, 2.45) is 5.41 Å². The summed E-state index contributed by atoms with van der Waals surface area (Å²) in [5.74, 6) is -0.604. The SMILES string of the molecule is Cc1ccccc1OCC(=O)NC(CC(=O)O)C(C)(C)C. The minimum absolute atomic E-state index is 0.112. The fourth-order valence-electron chi connectivity index (χ4n) is 1.85. The summed E-state index contributed by atoms with van der Waals surface area (Å²) in [6, 6.07) is 6.98. The number of ether oxygens (including phenoxy) is 1. The van der Waals surface area contributed by atoms with Gasteiger partial charge in [-0.05, 0) is 24.0 Å². The molecule has 0 bridgehead atoms. The summed E-state index contributed by atoms with van der Waals surface area (Å²) in [6.07, 6.45) is -0.112. The Labute approximate surface area is 125 Å². The van der Waals surface area contributed by atoms with E-state index in [1.807, 2.05) is 45.9 Å². The van der Waals surface area contributed by atoms with Gasteiger partial charge in [-0.2, -0.15) is 0 Å². The van der Waals surface area contributed by atoms with Crippen LogP contribution in [-0.4, -0.2) is 29.6 Å². The zero-order chi connectivity index (χ0) is 16.0. The minimum Gasteiger partial charge on any atom is -0.484 e. The Kier molecular flexibility index (Phi) is 5.76. The van der Waals surface area contributed by atoms with Gasteiger partial charge in [-0.1, -0.05) is 39.0 Å². The van der Waals surface area contributed by atoms with Crippen LogP contribution in [0.25, 0.3) is 0 Å². The van der Waals surface area contributed by atoms with Gasteiger partial charge in [0.1, 0.15) is 5.75 Å². The van der Waals surface area contributed by atoms with Crippen LogP contribution in [0.3, 0.4) is 0 Å². The molecule has 0 spiro atoms. The second-order valence-corrected chi connectivity index (χ2v) is 6.14. The standard InChI is InChI=1S/C16H23NO4/c1-11-7-5-6-8-12(11)21-10-14(18)17-13(9-15(19)20)16(2,3)4/h5-8,13H,9-10H2,1-4H3,(H,17,18)(H,19,20). The largest absolute Gasteiger partial charge is 0.484 e. The lowest BCUT2D eigenvalue weighted by Crippen LogP contribution is -2.46. The molecule has 21 heavy (non-hydrogen) atoms. The van der Waals surface area contributed by atoms with Crippen LogP contribution >= 0.6 is 0 Å². The second-order valence-electron chi connectivity index (χ2n) is 6.14. The number of carbonyl (C=O) groups is 2. The molecule has 0 aliphatic carbocycles. The Bertz CT molecular complexity index is 505. The third kappa shape index (κ3) is 5.85. The summed E-state index contributed by atoms with van der Waals surface area (Å²) in [5, 5.41) is 11.7. The average molecular weight is 293 g/mol. The van der Waals surface area contributed by atoms with E-state index in [2.05, 4.69) is 5.32 Å². The van der Waals surface area contributed by atoms with Crippen molar-refractivity contribution in [2.45, 2.75) is 40.2 Å².